The highest BCUT2D eigenvalue weighted by molar-refractivity contribution is 6.09. The number of hydrogen-bond acceptors (Lipinski definition) is 6. The molecule has 0 saturated carbocycles. The van der Waals surface area contributed by atoms with Crippen LogP contribution in [0.1, 0.15) is 26.3 Å². The van der Waals surface area contributed by atoms with Crippen molar-refractivity contribution in [2.75, 3.05) is 36.4 Å². The van der Waals surface area contributed by atoms with Crippen molar-refractivity contribution < 1.29 is 14.5 Å². The molecule has 9 nitrogen and oxygen atoms in total. The predicted octanol–water partition coefficient (Wildman–Crippen LogP) is 3.51. The van der Waals surface area contributed by atoms with E-state index in [1.54, 1.807) is 47.4 Å². The van der Waals surface area contributed by atoms with E-state index in [-0.39, 0.29) is 17.5 Å². The Bertz CT molecular complexity index is 1190. The number of rotatable bonds is 5. The number of benzene rings is 2. The molecule has 1 N–H and O–H groups in total. The molecule has 1 fully saturated rings. The molecule has 4 rings (SSSR count). The normalized spacial score (nSPS) is 13.5. The van der Waals surface area contributed by atoms with Gasteiger partial charge in [0.15, 0.2) is 0 Å². The number of para-hydroxylation sites is 3. The largest absolute Gasteiger partial charge is 0.362 e. The van der Waals surface area contributed by atoms with Gasteiger partial charge in [0, 0.05) is 50.2 Å². The van der Waals surface area contributed by atoms with E-state index >= 15 is 0 Å². The molecule has 33 heavy (non-hydrogen) atoms. The van der Waals surface area contributed by atoms with E-state index in [0.717, 1.165) is 5.56 Å². The quantitative estimate of drug-likeness (QED) is 0.476. The Kier molecular flexibility index (Phi) is 6.30. The number of carbonyl (C=O) groups excluding carboxylic acids is 2. The van der Waals surface area contributed by atoms with Gasteiger partial charge in [0.1, 0.15) is 5.69 Å². The first-order valence-corrected chi connectivity index (χ1v) is 10.5. The molecular weight excluding hydrogens is 422 g/mol. The molecule has 0 unspecified atom stereocenters. The number of aryl methyl sites for hydroxylation is 1. The van der Waals surface area contributed by atoms with Gasteiger partial charge in [-0.3, -0.25) is 24.7 Å². The lowest BCUT2D eigenvalue weighted by Gasteiger charge is -2.36. The number of aromatic nitrogens is 1. The molecule has 1 saturated heterocycles. The summed E-state index contributed by atoms with van der Waals surface area (Å²) in [5.41, 5.74) is 2.72. The minimum Gasteiger partial charge on any atom is -0.362 e. The second kappa shape index (κ2) is 9.47. The van der Waals surface area contributed by atoms with Crippen molar-refractivity contribution in [2.24, 2.45) is 0 Å². The van der Waals surface area contributed by atoms with Gasteiger partial charge in [-0.25, -0.2) is 0 Å². The Hall–Kier alpha value is -4.27. The van der Waals surface area contributed by atoms with Crippen LogP contribution in [-0.4, -0.2) is 52.8 Å². The first-order valence-electron chi connectivity index (χ1n) is 10.5. The van der Waals surface area contributed by atoms with E-state index in [1.807, 2.05) is 17.9 Å². The molecule has 2 aromatic carbocycles. The summed E-state index contributed by atoms with van der Waals surface area (Å²) in [4.78, 5) is 44.5. The van der Waals surface area contributed by atoms with Crippen LogP contribution in [0, 0.1) is 17.0 Å². The fourth-order valence-corrected chi connectivity index (χ4v) is 3.91. The van der Waals surface area contributed by atoms with Gasteiger partial charge in [0.25, 0.3) is 17.5 Å². The molecule has 0 radical (unpaired) electrons. The molecule has 1 aromatic heterocycles. The van der Waals surface area contributed by atoms with Crippen LogP contribution in [0.5, 0.6) is 0 Å². The van der Waals surface area contributed by atoms with Crippen LogP contribution in [-0.2, 0) is 0 Å². The molecule has 9 heteroatoms. The number of hydrogen-bond donors (Lipinski definition) is 1. The van der Waals surface area contributed by atoms with Gasteiger partial charge in [-0.15, -0.1) is 0 Å². The van der Waals surface area contributed by atoms with Gasteiger partial charge >= 0.3 is 0 Å². The summed E-state index contributed by atoms with van der Waals surface area (Å²) >= 11 is 0. The van der Waals surface area contributed by atoms with Crippen LogP contribution in [0.15, 0.2) is 67.0 Å². The molecule has 0 atom stereocenters. The maximum absolute atomic E-state index is 13.3. The second-order valence-electron chi connectivity index (χ2n) is 7.71. The molecule has 2 amide bonds. The van der Waals surface area contributed by atoms with Crippen molar-refractivity contribution in [2.45, 2.75) is 6.92 Å². The minimum atomic E-state index is -0.392. The van der Waals surface area contributed by atoms with Crippen LogP contribution >= 0.6 is 0 Å². The zero-order valence-electron chi connectivity index (χ0n) is 18.1. The number of amides is 2. The summed E-state index contributed by atoms with van der Waals surface area (Å²) in [5, 5.41) is 14.2. The van der Waals surface area contributed by atoms with Crippen molar-refractivity contribution in [3.8, 4) is 0 Å². The van der Waals surface area contributed by atoms with Gasteiger partial charge in [-0.05, 0) is 36.8 Å². The molecule has 3 aromatic rings. The van der Waals surface area contributed by atoms with Gasteiger partial charge < -0.3 is 15.1 Å². The summed E-state index contributed by atoms with van der Waals surface area (Å²) in [6.07, 6.45) is 3.07. The van der Waals surface area contributed by atoms with Crippen molar-refractivity contribution >= 4 is 28.9 Å². The molecule has 1 aliphatic rings. The lowest BCUT2D eigenvalue weighted by atomic mass is 10.1. The number of anilines is 2. The Morgan fingerprint density at radius 3 is 2.36 bits per heavy atom. The highest BCUT2D eigenvalue weighted by atomic mass is 16.6. The lowest BCUT2D eigenvalue weighted by molar-refractivity contribution is -0.384. The van der Waals surface area contributed by atoms with Crippen LogP contribution in [0.2, 0.25) is 0 Å². The molecule has 168 valence electrons. The smallest absolute Gasteiger partial charge is 0.292 e. The molecule has 0 spiro atoms. The highest BCUT2D eigenvalue weighted by Gasteiger charge is 2.27. The Labute approximate surface area is 190 Å². The van der Waals surface area contributed by atoms with Crippen LogP contribution in [0.4, 0.5) is 17.1 Å². The zero-order valence-corrected chi connectivity index (χ0v) is 18.1. The van der Waals surface area contributed by atoms with E-state index in [1.165, 1.54) is 18.5 Å². The van der Waals surface area contributed by atoms with Crippen molar-refractivity contribution in [1.82, 2.24) is 9.88 Å². The molecule has 0 bridgehead atoms. The Balaban J connectivity index is 1.50. The number of nitrogens with one attached hydrogen (secondary N) is 1. The summed E-state index contributed by atoms with van der Waals surface area (Å²) in [5.74, 6) is -0.507. The maximum atomic E-state index is 13.3. The number of piperazine rings is 1. The van der Waals surface area contributed by atoms with Crippen molar-refractivity contribution in [1.29, 1.82) is 0 Å². The molecule has 1 aliphatic heterocycles. The third-order valence-electron chi connectivity index (χ3n) is 5.67. The first-order chi connectivity index (χ1) is 16.0. The molecule has 2 heterocycles. The average molecular weight is 445 g/mol. The fourth-order valence-electron chi connectivity index (χ4n) is 3.91. The third-order valence-corrected chi connectivity index (χ3v) is 5.67. The van der Waals surface area contributed by atoms with Gasteiger partial charge in [0.05, 0.1) is 16.2 Å². The fraction of sp³-hybridized carbons (Fsp3) is 0.208. The van der Waals surface area contributed by atoms with E-state index < -0.39 is 4.92 Å². The number of carbonyl (C=O) groups is 2. The summed E-state index contributed by atoms with van der Waals surface area (Å²) in [6, 6.07) is 15.2. The van der Waals surface area contributed by atoms with Gasteiger partial charge in [0.2, 0.25) is 0 Å². The van der Waals surface area contributed by atoms with Crippen molar-refractivity contribution in [3.05, 3.63) is 93.8 Å². The third kappa shape index (κ3) is 4.67. The van der Waals surface area contributed by atoms with Gasteiger partial charge in [-0.1, -0.05) is 24.3 Å². The second-order valence-corrected chi connectivity index (χ2v) is 7.71. The van der Waals surface area contributed by atoms with Gasteiger partial charge in [-0.2, -0.15) is 0 Å². The Morgan fingerprint density at radius 2 is 1.67 bits per heavy atom. The first kappa shape index (κ1) is 21.9. The van der Waals surface area contributed by atoms with Crippen LogP contribution < -0.4 is 10.2 Å². The maximum Gasteiger partial charge on any atom is 0.292 e. The SMILES string of the molecule is Cc1cccc(C(=O)N2CCN(c3ccccc3[N+](=O)[O-])CC2)c1NC(=O)c1ccncc1. The number of nitro groups is 1. The summed E-state index contributed by atoms with van der Waals surface area (Å²) < 4.78 is 0. The minimum absolute atomic E-state index is 0.0528. The standard InChI is InChI=1S/C24H23N5O4/c1-17-5-4-6-19(22(17)26-23(30)18-9-11-25-12-10-18)24(31)28-15-13-27(14-16-28)20-7-2-3-8-21(20)29(32)33/h2-12H,13-16H2,1H3,(H,26,30). The zero-order chi connectivity index (χ0) is 23.4. The van der Waals surface area contributed by atoms with E-state index in [9.17, 15) is 19.7 Å². The average Bonchev–Trinajstić information content (AvgIpc) is 2.85. The predicted molar refractivity (Wildman–Crippen MR) is 125 cm³/mol. The van der Waals surface area contributed by atoms with E-state index in [0.29, 0.717) is 48.7 Å². The number of nitrogens with zero attached hydrogens (tertiary/aromatic N) is 4. The van der Waals surface area contributed by atoms with E-state index in [2.05, 4.69) is 10.3 Å². The van der Waals surface area contributed by atoms with E-state index in [4.69, 9.17) is 0 Å². The van der Waals surface area contributed by atoms with Crippen molar-refractivity contribution in [3.63, 3.8) is 0 Å². The summed E-state index contributed by atoms with van der Waals surface area (Å²) in [6.45, 7) is 3.61. The summed E-state index contributed by atoms with van der Waals surface area (Å²) in [7, 11) is 0. The number of pyridine rings is 1. The topological polar surface area (TPSA) is 109 Å². The van der Waals surface area contributed by atoms with Crippen LogP contribution in [0.25, 0.3) is 0 Å². The molecule has 0 aliphatic carbocycles. The number of nitro benzene ring substituents is 1. The lowest BCUT2D eigenvalue weighted by Crippen LogP contribution is -2.49. The Morgan fingerprint density at radius 1 is 0.970 bits per heavy atom. The monoisotopic (exact) mass is 445 g/mol. The highest BCUT2D eigenvalue weighted by Crippen LogP contribution is 2.29. The van der Waals surface area contributed by atoms with Crippen LogP contribution in [0.3, 0.4) is 0 Å². The molecular formula is C24H23N5O4.